The minimum absolute atomic E-state index is 0.0847. The molecule has 8 nitrogen and oxygen atoms in total. The molecular formula is C25H30O8. The van der Waals surface area contributed by atoms with Gasteiger partial charge in [-0.15, -0.1) is 0 Å². The lowest BCUT2D eigenvalue weighted by atomic mass is 9.84. The summed E-state index contributed by atoms with van der Waals surface area (Å²) in [6, 6.07) is 3.12. The molecular weight excluding hydrogens is 428 g/mol. The number of esters is 2. The van der Waals surface area contributed by atoms with Crippen LogP contribution in [0.25, 0.3) is 0 Å². The standard InChI is InChI=1S/C25H30O8/c1-14-17-9-8-15(7-6-10-25(2)22(33-25)20(17)32-23(14)26)13-31-24(27)16-11-18(28-3)21(30-5)19(12-16)29-4/h7,11-12,17,20,22H,1,6,8-10,13H2,2-5H3/t17-,20-,22-,25+/m0/s1. The van der Waals surface area contributed by atoms with E-state index in [1.807, 2.05) is 6.92 Å². The number of epoxide rings is 1. The van der Waals surface area contributed by atoms with Crippen molar-refractivity contribution in [3.05, 3.63) is 41.5 Å². The number of rotatable bonds is 6. The topological polar surface area (TPSA) is 92.8 Å². The molecule has 0 spiro atoms. The summed E-state index contributed by atoms with van der Waals surface area (Å²) in [7, 11) is 4.48. The number of carbonyl (C=O) groups is 2. The molecule has 4 atom stereocenters. The zero-order valence-corrected chi connectivity index (χ0v) is 19.5. The van der Waals surface area contributed by atoms with Gasteiger partial charge < -0.3 is 28.4 Å². The van der Waals surface area contributed by atoms with Gasteiger partial charge in [-0.2, -0.15) is 0 Å². The van der Waals surface area contributed by atoms with E-state index in [9.17, 15) is 9.59 Å². The monoisotopic (exact) mass is 458 g/mol. The molecule has 0 aromatic heterocycles. The molecule has 0 saturated carbocycles. The van der Waals surface area contributed by atoms with Crippen molar-refractivity contribution in [2.24, 2.45) is 5.92 Å². The van der Waals surface area contributed by atoms with E-state index < -0.39 is 5.97 Å². The van der Waals surface area contributed by atoms with Gasteiger partial charge in [-0.3, -0.25) is 0 Å². The van der Waals surface area contributed by atoms with Crippen LogP contribution < -0.4 is 14.2 Å². The van der Waals surface area contributed by atoms with E-state index in [4.69, 9.17) is 28.4 Å². The highest BCUT2D eigenvalue weighted by molar-refractivity contribution is 5.91. The second kappa shape index (κ2) is 9.09. The number of hydrogen-bond donors (Lipinski definition) is 0. The van der Waals surface area contributed by atoms with Gasteiger partial charge in [-0.1, -0.05) is 12.7 Å². The summed E-state index contributed by atoms with van der Waals surface area (Å²) in [6.07, 6.45) is 4.66. The number of carbonyl (C=O) groups excluding carboxylic acids is 2. The fourth-order valence-electron chi connectivity index (χ4n) is 4.69. The van der Waals surface area contributed by atoms with Gasteiger partial charge in [-0.05, 0) is 50.3 Å². The molecule has 2 heterocycles. The average Bonchev–Trinajstić information content (AvgIpc) is 3.41. The molecule has 1 aliphatic carbocycles. The van der Waals surface area contributed by atoms with Crippen molar-refractivity contribution in [1.82, 2.24) is 0 Å². The molecule has 3 aliphatic rings. The van der Waals surface area contributed by atoms with Crippen molar-refractivity contribution in [2.45, 2.75) is 50.4 Å². The summed E-state index contributed by atoms with van der Waals surface area (Å²) in [6.45, 7) is 6.13. The third-order valence-corrected chi connectivity index (χ3v) is 6.73. The number of fused-ring (bicyclic) bond motifs is 3. The van der Waals surface area contributed by atoms with Gasteiger partial charge in [0.25, 0.3) is 0 Å². The van der Waals surface area contributed by atoms with Crippen LogP contribution in [0.4, 0.5) is 0 Å². The third-order valence-electron chi connectivity index (χ3n) is 6.73. The summed E-state index contributed by atoms with van der Waals surface area (Å²) >= 11 is 0. The van der Waals surface area contributed by atoms with Gasteiger partial charge in [0, 0.05) is 11.5 Å². The molecule has 2 fully saturated rings. The molecule has 178 valence electrons. The third kappa shape index (κ3) is 4.44. The van der Waals surface area contributed by atoms with Crippen molar-refractivity contribution in [3.8, 4) is 17.2 Å². The first kappa shape index (κ1) is 23.2. The van der Waals surface area contributed by atoms with E-state index in [2.05, 4.69) is 12.7 Å². The Labute approximate surface area is 193 Å². The Hall–Kier alpha value is -3.00. The van der Waals surface area contributed by atoms with Gasteiger partial charge in [0.2, 0.25) is 5.75 Å². The van der Waals surface area contributed by atoms with Crippen LogP contribution in [0, 0.1) is 5.92 Å². The molecule has 2 aliphatic heterocycles. The minimum Gasteiger partial charge on any atom is -0.493 e. The molecule has 0 unspecified atom stereocenters. The lowest BCUT2D eigenvalue weighted by molar-refractivity contribution is -0.140. The van der Waals surface area contributed by atoms with Crippen LogP contribution in [0.15, 0.2) is 35.9 Å². The van der Waals surface area contributed by atoms with E-state index in [-0.39, 0.29) is 36.3 Å². The van der Waals surface area contributed by atoms with Crippen LogP contribution in [0.3, 0.4) is 0 Å². The van der Waals surface area contributed by atoms with Gasteiger partial charge in [0.05, 0.1) is 32.5 Å². The SMILES string of the molecule is C=C1C(=O)O[C@H]2[C@H]1CCC(COC(=O)c1cc(OC)c(OC)c(OC)c1)=CCC[C@@]1(C)O[C@@H]21. The summed E-state index contributed by atoms with van der Waals surface area (Å²) in [5, 5.41) is 0. The van der Waals surface area contributed by atoms with Crippen molar-refractivity contribution in [1.29, 1.82) is 0 Å². The van der Waals surface area contributed by atoms with Gasteiger partial charge >= 0.3 is 11.9 Å². The van der Waals surface area contributed by atoms with E-state index in [0.29, 0.717) is 41.2 Å². The molecule has 2 saturated heterocycles. The Morgan fingerprint density at radius 1 is 1.18 bits per heavy atom. The van der Waals surface area contributed by atoms with Crippen LogP contribution in [-0.4, -0.2) is 57.7 Å². The molecule has 0 bridgehead atoms. The number of benzene rings is 1. The maximum atomic E-state index is 12.8. The second-order valence-corrected chi connectivity index (χ2v) is 8.78. The lowest BCUT2D eigenvalue weighted by Crippen LogP contribution is -2.29. The summed E-state index contributed by atoms with van der Waals surface area (Å²) < 4.78 is 33.1. The van der Waals surface area contributed by atoms with E-state index >= 15 is 0 Å². The molecule has 0 radical (unpaired) electrons. The maximum Gasteiger partial charge on any atom is 0.338 e. The van der Waals surface area contributed by atoms with Crippen molar-refractivity contribution >= 4 is 11.9 Å². The molecule has 4 rings (SSSR count). The van der Waals surface area contributed by atoms with Crippen molar-refractivity contribution < 1.29 is 38.0 Å². The van der Waals surface area contributed by atoms with Gasteiger partial charge in [0.1, 0.15) is 18.8 Å². The number of ether oxygens (including phenoxy) is 6. The van der Waals surface area contributed by atoms with Gasteiger partial charge in [0.15, 0.2) is 11.5 Å². The molecule has 8 heteroatoms. The minimum atomic E-state index is -0.494. The predicted octanol–water partition coefficient (Wildman–Crippen LogP) is 3.62. The van der Waals surface area contributed by atoms with Crippen LogP contribution in [-0.2, 0) is 19.0 Å². The van der Waals surface area contributed by atoms with Crippen molar-refractivity contribution in [2.75, 3.05) is 27.9 Å². The molecule has 0 N–H and O–H groups in total. The average molecular weight is 459 g/mol. The smallest absolute Gasteiger partial charge is 0.338 e. The molecule has 0 amide bonds. The molecule has 33 heavy (non-hydrogen) atoms. The summed E-state index contributed by atoms with van der Waals surface area (Å²) in [5.74, 6) is 0.224. The van der Waals surface area contributed by atoms with Crippen molar-refractivity contribution in [3.63, 3.8) is 0 Å². The molecule has 1 aromatic carbocycles. The fraction of sp³-hybridized carbons (Fsp3) is 0.520. The lowest BCUT2D eigenvalue weighted by Gasteiger charge is -2.20. The number of allylic oxidation sites excluding steroid dienone is 1. The highest BCUT2D eigenvalue weighted by Gasteiger charge is 2.61. The Balaban J connectivity index is 1.46. The fourth-order valence-corrected chi connectivity index (χ4v) is 4.69. The van der Waals surface area contributed by atoms with Crippen LogP contribution in [0.2, 0.25) is 0 Å². The zero-order chi connectivity index (χ0) is 23.8. The van der Waals surface area contributed by atoms with E-state index in [0.717, 1.165) is 18.4 Å². The quantitative estimate of drug-likeness (QED) is 0.276. The van der Waals surface area contributed by atoms with Crippen LogP contribution >= 0.6 is 0 Å². The van der Waals surface area contributed by atoms with Gasteiger partial charge in [-0.25, -0.2) is 9.59 Å². The Kier molecular flexibility index (Phi) is 6.38. The Bertz CT molecular complexity index is 971. The first-order valence-electron chi connectivity index (χ1n) is 11.0. The number of methoxy groups -OCH3 is 3. The normalized spacial score (nSPS) is 28.6. The van der Waals surface area contributed by atoms with E-state index in [1.54, 1.807) is 12.1 Å². The second-order valence-electron chi connectivity index (χ2n) is 8.78. The van der Waals surface area contributed by atoms with E-state index in [1.165, 1.54) is 21.3 Å². The first-order valence-corrected chi connectivity index (χ1v) is 11.0. The highest BCUT2D eigenvalue weighted by Crippen LogP contribution is 2.49. The maximum absolute atomic E-state index is 12.8. The Morgan fingerprint density at radius 2 is 1.88 bits per heavy atom. The highest BCUT2D eigenvalue weighted by atomic mass is 16.6. The largest absolute Gasteiger partial charge is 0.493 e. The summed E-state index contributed by atoms with van der Waals surface area (Å²) in [5.41, 5.74) is 1.48. The van der Waals surface area contributed by atoms with Crippen LogP contribution in [0.5, 0.6) is 17.2 Å². The van der Waals surface area contributed by atoms with Crippen LogP contribution in [0.1, 0.15) is 43.0 Å². The molecule has 1 aromatic rings. The first-order chi connectivity index (χ1) is 15.8. The Morgan fingerprint density at radius 3 is 2.52 bits per heavy atom. The predicted molar refractivity (Wildman–Crippen MR) is 119 cm³/mol. The summed E-state index contributed by atoms with van der Waals surface area (Å²) in [4.78, 5) is 24.9. The number of hydrogen-bond acceptors (Lipinski definition) is 8. The zero-order valence-electron chi connectivity index (χ0n) is 19.5.